The van der Waals surface area contributed by atoms with E-state index in [1.807, 2.05) is 35.9 Å². The van der Waals surface area contributed by atoms with Gasteiger partial charge in [-0.15, -0.1) is 0 Å². The first-order valence-electron chi connectivity index (χ1n) is 7.50. The van der Waals surface area contributed by atoms with Crippen molar-refractivity contribution < 1.29 is 9.18 Å². The third-order valence-electron chi connectivity index (χ3n) is 3.68. The Kier molecular flexibility index (Phi) is 4.14. The van der Waals surface area contributed by atoms with Gasteiger partial charge in [0.15, 0.2) is 10.3 Å². The molecule has 0 aliphatic heterocycles. The smallest absolute Gasteiger partial charge is 0.236 e. The summed E-state index contributed by atoms with van der Waals surface area (Å²) in [5, 5.41) is 4.01. The summed E-state index contributed by atoms with van der Waals surface area (Å²) in [6, 6.07) is 12.2. The minimum Gasteiger partial charge on any atom is -0.322 e. The second-order valence-electron chi connectivity index (χ2n) is 5.41. The van der Waals surface area contributed by atoms with Crippen molar-refractivity contribution in [3.05, 3.63) is 48.3 Å². The topological polar surface area (TPSA) is 59.8 Å². The van der Waals surface area contributed by atoms with Gasteiger partial charge in [0, 0.05) is 7.05 Å². The SMILES string of the molecule is Cn1c(SCC(=O)Nc2nc3ccc(F)cc3s2)nc2ccccc21. The second kappa shape index (κ2) is 6.45. The summed E-state index contributed by atoms with van der Waals surface area (Å²) in [6.45, 7) is 0. The van der Waals surface area contributed by atoms with Crippen LogP contribution in [0, 0.1) is 5.82 Å². The van der Waals surface area contributed by atoms with Gasteiger partial charge in [-0.1, -0.05) is 35.2 Å². The van der Waals surface area contributed by atoms with Gasteiger partial charge in [-0.05, 0) is 30.3 Å². The average Bonchev–Trinajstić information content (AvgIpc) is 3.13. The van der Waals surface area contributed by atoms with Gasteiger partial charge >= 0.3 is 0 Å². The van der Waals surface area contributed by atoms with Crippen molar-refractivity contribution in [2.45, 2.75) is 5.16 Å². The van der Waals surface area contributed by atoms with Gasteiger partial charge in [0.1, 0.15) is 5.82 Å². The number of anilines is 1. The maximum atomic E-state index is 13.2. The Labute approximate surface area is 150 Å². The van der Waals surface area contributed by atoms with Gasteiger partial charge in [-0.2, -0.15) is 0 Å². The van der Waals surface area contributed by atoms with Crippen LogP contribution in [0.15, 0.2) is 47.6 Å². The number of carbonyl (C=O) groups is 1. The Bertz CT molecular complexity index is 1090. The highest BCUT2D eigenvalue weighted by atomic mass is 32.2. The Morgan fingerprint density at radius 1 is 1.24 bits per heavy atom. The molecule has 0 bridgehead atoms. The molecule has 25 heavy (non-hydrogen) atoms. The summed E-state index contributed by atoms with van der Waals surface area (Å²) < 4.78 is 15.9. The van der Waals surface area contributed by atoms with Crippen LogP contribution >= 0.6 is 23.1 Å². The number of hydrogen-bond acceptors (Lipinski definition) is 5. The van der Waals surface area contributed by atoms with E-state index in [1.165, 1.54) is 35.2 Å². The first-order chi connectivity index (χ1) is 12.1. The van der Waals surface area contributed by atoms with Crippen molar-refractivity contribution >= 4 is 55.4 Å². The zero-order valence-corrected chi connectivity index (χ0v) is 14.8. The molecule has 2 aromatic heterocycles. The van der Waals surface area contributed by atoms with E-state index in [0.29, 0.717) is 15.3 Å². The van der Waals surface area contributed by atoms with Crippen LogP contribution in [-0.2, 0) is 11.8 Å². The van der Waals surface area contributed by atoms with E-state index in [9.17, 15) is 9.18 Å². The highest BCUT2D eigenvalue weighted by molar-refractivity contribution is 7.99. The maximum absolute atomic E-state index is 13.2. The number of benzene rings is 2. The van der Waals surface area contributed by atoms with E-state index in [0.717, 1.165) is 16.2 Å². The monoisotopic (exact) mass is 372 g/mol. The first-order valence-corrected chi connectivity index (χ1v) is 9.30. The molecule has 2 aromatic carbocycles. The second-order valence-corrected chi connectivity index (χ2v) is 7.38. The average molecular weight is 372 g/mol. The number of thiazole rings is 1. The third-order valence-corrected chi connectivity index (χ3v) is 5.64. The molecule has 0 unspecified atom stereocenters. The third kappa shape index (κ3) is 3.22. The Balaban J connectivity index is 1.45. The van der Waals surface area contributed by atoms with Gasteiger partial charge in [0.05, 0.1) is 27.0 Å². The van der Waals surface area contributed by atoms with E-state index in [-0.39, 0.29) is 17.5 Å². The van der Waals surface area contributed by atoms with E-state index in [2.05, 4.69) is 15.3 Å². The number of halogens is 1. The predicted molar refractivity (Wildman–Crippen MR) is 99.6 cm³/mol. The van der Waals surface area contributed by atoms with Gasteiger partial charge in [0.25, 0.3) is 0 Å². The van der Waals surface area contributed by atoms with Crippen LogP contribution in [0.5, 0.6) is 0 Å². The lowest BCUT2D eigenvalue weighted by Gasteiger charge is -2.02. The highest BCUT2D eigenvalue weighted by Crippen LogP contribution is 2.27. The molecule has 2 heterocycles. The molecule has 126 valence electrons. The minimum atomic E-state index is -0.313. The number of hydrogen-bond donors (Lipinski definition) is 1. The van der Waals surface area contributed by atoms with Crippen molar-refractivity contribution in [3.8, 4) is 0 Å². The molecule has 0 saturated carbocycles. The lowest BCUT2D eigenvalue weighted by Crippen LogP contribution is -2.14. The molecule has 0 radical (unpaired) electrons. The number of rotatable bonds is 4. The molecule has 4 rings (SSSR count). The molecular formula is C17H13FN4OS2. The molecule has 1 amide bonds. The molecule has 0 aliphatic rings. The molecule has 5 nitrogen and oxygen atoms in total. The summed E-state index contributed by atoms with van der Waals surface area (Å²) in [7, 11) is 1.93. The lowest BCUT2D eigenvalue weighted by atomic mass is 10.3. The van der Waals surface area contributed by atoms with Crippen LogP contribution in [0.4, 0.5) is 9.52 Å². The molecule has 0 spiro atoms. The van der Waals surface area contributed by atoms with Crippen molar-refractivity contribution in [1.29, 1.82) is 0 Å². The first kappa shape index (κ1) is 16.0. The van der Waals surface area contributed by atoms with Crippen LogP contribution < -0.4 is 5.32 Å². The van der Waals surface area contributed by atoms with Crippen molar-refractivity contribution in [3.63, 3.8) is 0 Å². The van der Waals surface area contributed by atoms with Crippen LogP contribution in [0.25, 0.3) is 21.3 Å². The number of nitrogens with one attached hydrogen (secondary N) is 1. The van der Waals surface area contributed by atoms with Crippen LogP contribution in [0.1, 0.15) is 0 Å². The molecular weight excluding hydrogens is 359 g/mol. The molecule has 1 N–H and O–H groups in total. The largest absolute Gasteiger partial charge is 0.322 e. The van der Waals surface area contributed by atoms with Crippen LogP contribution in [0.2, 0.25) is 0 Å². The maximum Gasteiger partial charge on any atom is 0.236 e. The number of imidazole rings is 1. The molecule has 4 aromatic rings. The van der Waals surface area contributed by atoms with Crippen molar-refractivity contribution in [1.82, 2.24) is 14.5 Å². The van der Waals surface area contributed by atoms with Crippen molar-refractivity contribution in [2.24, 2.45) is 7.05 Å². The fourth-order valence-corrected chi connectivity index (χ4v) is 4.18. The number of aromatic nitrogens is 3. The minimum absolute atomic E-state index is 0.170. The van der Waals surface area contributed by atoms with Gasteiger partial charge in [-0.3, -0.25) is 4.79 Å². The standard InChI is InChI=1S/C17H13FN4OS2/c1-22-13-5-3-2-4-11(13)20-17(22)24-9-15(23)21-16-19-12-7-6-10(18)8-14(12)25-16/h2-8H,9H2,1H3,(H,19,21,23). The molecule has 0 atom stereocenters. The number of amides is 1. The summed E-state index contributed by atoms with van der Waals surface area (Å²) in [6.07, 6.45) is 0. The van der Waals surface area contributed by atoms with Gasteiger partial charge in [-0.25, -0.2) is 14.4 Å². The number of para-hydroxylation sites is 2. The highest BCUT2D eigenvalue weighted by Gasteiger charge is 2.12. The molecule has 0 fully saturated rings. The summed E-state index contributed by atoms with van der Waals surface area (Å²) >= 11 is 2.62. The quantitative estimate of drug-likeness (QED) is 0.549. The number of nitrogens with zero attached hydrogens (tertiary/aromatic N) is 3. The Morgan fingerprint density at radius 3 is 2.92 bits per heavy atom. The van der Waals surface area contributed by atoms with Crippen molar-refractivity contribution in [2.75, 3.05) is 11.1 Å². The zero-order valence-electron chi connectivity index (χ0n) is 13.2. The number of fused-ring (bicyclic) bond motifs is 2. The Morgan fingerprint density at radius 2 is 2.08 bits per heavy atom. The predicted octanol–water partition coefficient (Wildman–Crippen LogP) is 4.05. The molecule has 8 heteroatoms. The molecule has 0 aliphatic carbocycles. The van der Waals surface area contributed by atoms with Crippen LogP contribution in [-0.4, -0.2) is 26.2 Å². The number of aryl methyl sites for hydroxylation is 1. The number of thioether (sulfide) groups is 1. The summed E-state index contributed by atoms with van der Waals surface area (Å²) in [5.41, 5.74) is 2.60. The van der Waals surface area contributed by atoms with Crippen LogP contribution in [0.3, 0.4) is 0 Å². The fourth-order valence-electron chi connectivity index (χ4n) is 2.49. The van der Waals surface area contributed by atoms with E-state index >= 15 is 0 Å². The normalized spacial score (nSPS) is 11.3. The summed E-state index contributed by atoms with van der Waals surface area (Å²) in [4.78, 5) is 21.0. The fraction of sp³-hybridized carbons (Fsp3) is 0.118. The summed E-state index contributed by atoms with van der Waals surface area (Å²) in [5.74, 6) is -0.260. The number of carbonyl (C=O) groups excluding carboxylic acids is 1. The van der Waals surface area contributed by atoms with E-state index in [1.54, 1.807) is 6.07 Å². The zero-order chi connectivity index (χ0) is 17.4. The Hall–Kier alpha value is -2.45. The van der Waals surface area contributed by atoms with Gasteiger partial charge in [0.2, 0.25) is 5.91 Å². The van der Waals surface area contributed by atoms with E-state index in [4.69, 9.17) is 0 Å². The molecule has 0 saturated heterocycles. The van der Waals surface area contributed by atoms with E-state index < -0.39 is 0 Å². The van der Waals surface area contributed by atoms with Gasteiger partial charge < -0.3 is 9.88 Å². The lowest BCUT2D eigenvalue weighted by molar-refractivity contribution is -0.113.